The summed E-state index contributed by atoms with van der Waals surface area (Å²) in [7, 11) is 0. The van der Waals surface area contributed by atoms with E-state index < -0.39 is 36.0 Å². The van der Waals surface area contributed by atoms with Crippen LogP contribution in [0.25, 0.3) is 33.0 Å². The number of unbranched alkanes of at least 4 members (excludes halogenated alkanes) is 2. The van der Waals surface area contributed by atoms with Gasteiger partial charge in [-0.05, 0) is 59.2 Å². The molecule has 4 aromatic carbocycles. The van der Waals surface area contributed by atoms with Gasteiger partial charge in [-0.1, -0.05) is 62.2 Å². The number of ether oxygens (including phenoxy) is 1. The van der Waals surface area contributed by atoms with Crippen LogP contribution in [0.15, 0.2) is 66.7 Å². The Morgan fingerprint density at radius 3 is 2.06 bits per heavy atom. The summed E-state index contributed by atoms with van der Waals surface area (Å²) in [6, 6.07) is 16.3. The maximum Gasteiger partial charge on any atom is 0.422 e. The minimum absolute atomic E-state index is 0.0524. The van der Waals surface area contributed by atoms with Gasteiger partial charge in [0.05, 0.1) is 0 Å². The highest BCUT2D eigenvalue weighted by Gasteiger charge is 2.29. The third-order valence-electron chi connectivity index (χ3n) is 6.00. The van der Waals surface area contributed by atoms with E-state index in [4.69, 9.17) is 0 Å². The first kappa shape index (κ1) is 25.6. The number of rotatable bonds is 8. The summed E-state index contributed by atoms with van der Waals surface area (Å²) in [5.74, 6) is -2.43. The van der Waals surface area contributed by atoms with Crippen LogP contribution < -0.4 is 4.74 Å². The lowest BCUT2D eigenvalue weighted by Crippen LogP contribution is -2.19. The Hall–Kier alpha value is -3.48. The van der Waals surface area contributed by atoms with Crippen molar-refractivity contribution in [1.29, 1.82) is 0 Å². The summed E-state index contributed by atoms with van der Waals surface area (Å²) in [6.45, 7) is 0.499. The van der Waals surface area contributed by atoms with E-state index in [1.807, 2.05) is 6.07 Å². The molecule has 0 saturated heterocycles. The van der Waals surface area contributed by atoms with Crippen molar-refractivity contribution in [3.05, 3.63) is 89.7 Å². The molecule has 0 N–H and O–H groups in total. The number of fused-ring (bicyclic) bond motifs is 1. The summed E-state index contributed by atoms with van der Waals surface area (Å²) >= 11 is 0. The average molecular weight is 502 g/mol. The van der Waals surface area contributed by atoms with E-state index in [2.05, 4.69) is 11.7 Å². The molecular formula is C29H24F6O. The zero-order valence-corrected chi connectivity index (χ0v) is 19.6. The molecule has 0 radical (unpaired) electrons. The highest BCUT2D eigenvalue weighted by atomic mass is 19.4. The number of aryl methyl sites for hydroxylation is 1. The van der Waals surface area contributed by atoms with E-state index in [1.165, 1.54) is 42.5 Å². The van der Waals surface area contributed by atoms with Crippen molar-refractivity contribution in [1.82, 2.24) is 0 Å². The van der Waals surface area contributed by atoms with Gasteiger partial charge in [-0.3, -0.25) is 0 Å². The minimum atomic E-state index is -4.59. The second-order valence-electron chi connectivity index (χ2n) is 8.68. The van der Waals surface area contributed by atoms with Gasteiger partial charge in [-0.2, -0.15) is 13.2 Å². The fourth-order valence-corrected chi connectivity index (χ4v) is 4.15. The molecule has 36 heavy (non-hydrogen) atoms. The second-order valence-corrected chi connectivity index (χ2v) is 8.68. The first-order valence-electron chi connectivity index (χ1n) is 11.7. The van der Waals surface area contributed by atoms with E-state index in [9.17, 15) is 22.0 Å². The molecule has 4 aromatic rings. The van der Waals surface area contributed by atoms with Gasteiger partial charge in [-0.15, -0.1) is 0 Å². The Kier molecular flexibility index (Phi) is 7.57. The zero-order valence-electron chi connectivity index (χ0n) is 19.6. The molecule has 1 nitrogen and oxygen atoms in total. The highest BCUT2D eigenvalue weighted by molar-refractivity contribution is 5.89. The van der Waals surface area contributed by atoms with Crippen molar-refractivity contribution in [3.8, 4) is 28.0 Å². The normalized spacial score (nSPS) is 11.8. The molecule has 0 aliphatic rings. The smallest absolute Gasteiger partial charge is 0.422 e. The highest BCUT2D eigenvalue weighted by Crippen LogP contribution is 2.34. The van der Waals surface area contributed by atoms with Gasteiger partial charge < -0.3 is 4.74 Å². The lowest BCUT2D eigenvalue weighted by molar-refractivity contribution is -0.153. The quantitative estimate of drug-likeness (QED) is 0.172. The topological polar surface area (TPSA) is 9.23 Å². The van der Waals surface area contributed by atoms with Crippen LogP contribution >= 0.6 is 0 Å². The van der Waals surface area contributed by atoms with Crippen molar-refractivity contribution in [3.63, 3.8) is 0 Å². The fraction of sp³-hybridized carbons (Fsp3) is 0.241. The van der Waals surface area contributed by atoms with Crippen LogP contribution in [0.5, 0.6) is 5.75 Å². The lowest BCUT2D eigenvalue weighted by Gasteiger charge is -2.12. The van der Waals surface area contributed by atoms with Crippen molar-refractivity contribution < 1.29 is 31.1 Å². The molecule has 0 atom stereocenters. The Labute approximate surface area is 205 Å². The van der Waals surface area contributed by atoms with Gasteiger partial charge >= 0.3 is 6.18 Å². The molecule has 188 valence electrons. The predicted octanol–water partition coefficient (Wildman–Crippen LogP) is 9.26. The molecule has 0 saturated carbocycles. The molecule has 0 heterocycles. The molecule has 0 amide bonds. The molecule has 0 aliphatic heterocycles. The number of hydrogen-bond donors (Lipinski definition) is 0. The molecule has 0 aliphatic carbocycles. The third-order valence-corrected chi connectivity index (χ3v) is 6.00. The SMILES string of the molecule is CCCCCc1ccc(-c2ccc(-c3ccc4c(F)c(OCC(F)(F)F)ccc4c3)c(F)c2)c(F)c1. The van der Waals surface area contributed by atoms with E-state index in [0.717, 1.165) is 37.3 Å². The van der Waals surface area contributed by atoms with Gasteiger partial charge in [0.25, 0.3) is 0 Å². The molecule has 7 heteroatoms. The Morgan fingerprint density at radius 1 is 0.722 bits per heavy atom. The first-order valence-corrected chi connectivity index (χ1v) is 11.7. The predicted molar refractivity (Wildman–Crippen MR) is 129 cm³/mol. The number of hydrogen-bond acceptors (Lipinski definition) is 1. The largest absolute Gasteiger partial charge is 0.481 e. The van der Waals surface area contributed by atoms with Gasteiger partial charge in [0, 0.05) is 16.5 Å². The monoisotopic (exact) mass is 502 g/mol. The summed E-state index contributed by atoms with van der Waals surface area (Å²) in [5, 5.41) is 0.425. The van der Waals surface area contributed by atoms with Gasteiger partial charge in [0.1, 0.15) is 11.6 Å². The van der Waals surface area contributed by atoms with Crippen molar-refractivity contribution in [2.24, 2.45) is 0 Å². The van der Waals surface area contributed by atoms with Crippen molar-refractivity contribution in [2.75, 3.05) is 6.61 Å². The van der Waals surface area contributed by atoms with Crippen LogP contribution in [0.3, 0.4) is 0 Å². The second kappa shape index (κ2) is 10.6. The standard InChI is InChI=1S/C29H24F6O/c1-2-3-4-5-18-6-10-22(25(30)14-18)21-7-11-23(26(31)16-21)19-8-12-24-20(15-19)9-13-27(28(24)32)36-17-29(33,34)35/h6-16H,2-5,17H2,1H3. The maximum absolute atomic E-state index is 15.1. The zero-order chi connectivity index (χ0) is 25.9. The molecule has 0 fully saturated rings. The number of halogens is 6. The maximum atomic E-state index is 15.1. The van der Waals surface area contributed by atoms with Gasteiger partial charge in [0.2, 0.25) is 0 Å². The van der Waals surface area contributed by atoms with E-state index in [1.54, 1.807) is 12.1 Å². The number of benzene rings is 4. The van der Waals surface area contributed by atoms with E-state index >= 15 is 4.39 Å². The molecular weight excluding hydrogens is 478 g/mol. The molecule has 0 aromatic heterocycles. The summed E-state index contributed by atoms with van der Waals surface area (Å²) in [4.78, 5) is 0. The van der Waals surface area contributed by atoms with Crippen LogP contribution in [0.1, 0.15) is 31.7 Å². The fourth-order valence-electron chi connectivity index (χ4n) is 4.15. The molecule has 4 rings (SSSR count). The van der Waals surface area contributed by atoms with E-state index in [-0.39, 0.29) is 10.9 Å². The minimum Gasteiger partial charge on any atom is -0.481 e. The van der Waals surface area contributed by atoms with Crippen molar-refractivity contribution in [2.45, 2.75) is 38.8 Å². The Bertz CT molecular complexity index is 1380. The number of alkyl halides is 3. The first-order chi connectivity index (χ1) is 17.2. The lowest BCUT2D eigenvalue weighted by atomic mass is 9.96. The van der Waals surface area contributed by atoms with Gasteiger partial charge in [-0.25, -0.2) is 13.2 Å². The van der Waals surface area contributed by atoms with Crippen LogP contribution in [-0.2, 0) is 6.42 Å². The molecule has 0 spiro atoms. The van der Waals surface area contributed by atoms with Crippen LogP contribution in [0.2, 0.25) is 0 Å². The molecule has 0 bridgehead atoms. The van der Waals surface area contributed by atoms with Crippen LogP contribution in [0, 0.1) is 17.5 Å². The Balaban J connectivity index is 1.59. The summed E-state index contributed by atoms with van der Waals surface area (Å²) in [6.07, 6.45) is -0.665. The van der Waals surface area contributed by atoms with E-state index in [0.29, 0.717) is 22.1 Å². The van der Waals surface area contributed by atoms with Crippen LogP contribution in [0.4, 0.5) is 26.3 Å². The molecule has 0 unspecified atom stereocenters. The third kappa shape index (κ3) is 5.83. The van der Waals surface area contributed by atoms with Gasteiger partial charge in [0.15, 0.2) is 18.2 Å². The Morgan fingerprint density at radius 2 is 1.39 bits per heavy atom. The van der Waals surface area contributed by atoms with Crippen molar-refractivity contribution >= 4 is 10.8 Å². The summed E-state index contributed by atoms with van der Waals surface area (Å²) < 4.78 is 86.2. The average Bonchev–Trinajstić information content (AvgIpc) is 2.83. The summed E-state index contributed by atoms with van der Waals surface area (Å²) in [5.41, 5.74) is 2.27. The van der Waals surface area contributed by atoms with Crippen LogP contribution in [-0.4, -0.2) is 12.8 Å².